The topological polar surface area (TPSA) is 52.7 Å². The van der Waals surface area contributed by atoms with Crippen molar-refractivity contribution < 1.29 is 9.59 Å². The molecule has 0 bridgehead atoms. The van der Waals surface area contributed by atoms with Crippen molar-refractivity contribution in [1.29, 1.82) is 0 Å². The zero-order chi connectivity index (χ0) is 24.1. The number of piperazine rings is 1. The van der Waals surface area contributed by atoms with E-state index in [2.05, 4.69) is 10.2 Å². The molecule has 0 atom stereocenters. The second kappa shape index (κ2) is 10.1. The first-order valence-corrected chi connectivity index (χ1v) is 11.9. The summed E-state index contributed by atoms with van der Waals surface area (Å²) >= 11 is 0. The van der Waals surface area contributed by atoms with Crippen molar-refractivity contribution >= 4 is 23.2 Å². The minimum absolute atomic E-state index is 0.0561. The maximum Gasteiger partial charge on any atom is 0.236 e. The number of carbonyl (C=O) groups is 2. The molecule has 1 heterocycles. The molecule has 3 aromatic carbocycles. The molecule has 34 heavy (non-hydrogen) atoms. The zero-order valence-electron chi connectivity index (χ0n) is 20.2. The third-order valence-corrected chi connectivity index (χ3v) is 6.24. The van der Waals surface area contributed by atoms with Gasteiger partial charge < -0.3 is 15.1 Å². The highest BCUT2D eigenvalue weighted by atomic mass is 16.2. The van der Waals surface area contributed by atoms with E-state index in [-0.39, 0.29) is 23.1 Å². The summed E-state index contributed by atoms with van der Waals surface area (Å²) in [6.07, 6.45) is 0. The van der Waals surface area contributed by atoms with E-state index in [9.17, 15) is 9.59 Å². The van der Waals surface area contributed by atoms with Gasteiger partial charge in [0.05, 0.1) is 5.92 Å². The Morgan fingerprint density at radius 1 is 0.735 bits per heavy atom. The van der Waals surface area contributed by atoms with Crippen molar-refractivity contribution in [2.45, 2.75) is 26.7 Å². The molecule has 3 aromatic rings. The fourth-order valence-corrected chi connectivity index (χ4v) is 4.40. The van der Waals surface area contributed by atoms with Crippen molar-refractivity contribution in [2.24, 2.45) is 5.41 Å². The number of benzene rings is 3. The van der Waals surface area contributed by atoms with Gasteiger partial charge in [0.1, 0.15) is 0 Å². The molecule has 1 aliphatic heterocycles. The molecule has 0 radical (unpaired) electrons. The maximum absolute atomic E-state index is 13.3. The number of hydrogen-bond donors (Lipinski definition) is 1. The van der Waals surface area contributed by atoms with Crippen LogP contribution in [0.25, 0.3) is 0 Å². The van der Waals surface area contributed by atoms with E-state index in [0.717, 1.165) is 48.7 Å². The number of carbonyl (C=O) groups excluding carboxylic acids is 2. The summed E-state index contributed by atoms with van der Waals surface area (Å²) in [5, 5.41) is 3.10. The lowest BCUT2D eigenvalue weighted by Gasteiger charge is -2.38. The third kappa shape index (κ3) is 5.48. The van der Waals surface area contributed by atoms with Crippen LogP contribution in [-0.2, 0) is 9.59 Å². The first kappa shape index (κ1) is 23.6. The van der Waals surface area contributed by atoms with E-state index in [4.69, 9.17) is 0 Å². The minimum atomic E-state index is -0.379. The largest absolute Gasteiger partial charge is 0.368 e. The number of nitrogens with one attached hydrogen (secondary N) is 1. The number of hydrogen-bond acceptors (Lipinski definition) is 3. The molecule has 2 amide bonds. The molecule has 176 valence electrons. The van der Waals surface area contributed by atoms with E-state index < -0.39 is 0 Å². The average Bonchev–Trinajstić information content (AvgIpc) is 2.85. The van der Waals surface area contributed by atoms with E-state index >= 15 is 0 Å². The Kier molecular flexibility index (Phi) is 7.01. The predicted octanol–water partition coefficient (Wildman–Crippen LogP) is 5.15. The van der Waals surface area contributed by atoms with Crippen LogP contribution in [-0.4, -0.2) is 42.9 Å². The van der Waals surface area contributed by atoms with Crippen LogP contribution >= 0.6 is 0 Å². The summed E-state index contributed by atoms with van der Waals surface area (Å²) in [5.41, 5.74) is 3.45. The lowest BCUT2D eigenvalue weighted by Crippen LogP contribution is -2.51. The first-order valence-electron chi connectivity index (χ1n) is 11.9. The average molecular weight is 456 g/mol. The van der Waals surface area contributed by atoms with Crippen molar-refractivity contribution in [2.75, 3.05) is 36.4 Å². The number of anilines is 2. The molecule has 0 aromatic heterocycles. The Balaban J connectivity index is 1.42. The molecule has 4 rings (SSSR count). The normalized spacial score (nSPS) is 14.2. The molecule has 1 aliphatic rings. The van der Waals surface area contributed by atoms with E-state index in [1.165, 1.54) is 0 Å². The second-order valence-corrected chi connectivity index (χ2v) is 9.82. The van der Waals surface area contributed by atoms with Crippen molar-refractivity contribution in [3.8, 4) is 0 Å². The standard InChI is InChI=1S/C29H33N3O2/c1-29(2,3)28(34)32-20-18-31(19-21-32)25-16-14-24(15-17-25)30-27(33)26(22-10-6-4-7-11-22)23-12-8-5-9-13-23/h4-17,26H,18-21H2,1-3H3,(H,30,33). The SMILES string of the molecule is CC(C)(C)C(=O)N1CCN(c2ccc(NC(=O)C(c3ccccc3)c3ccccc3)cc2)CC1. The quantitative estimate of drug-likeness (QED) is 0.579. The molecular formula is C29H33N3O2. The van der Waals surface area contributed by atoms with Crippen molar-refractivity contribution in [1.82, 2.24) is 4.90 Å². The molecule has 0 unspecified atom stereocenters. The highest BCUT2D eigenvalue weighted by molar-refractivity contribution is 5.98. The van der Waals surface area contributed by atoms with Crippen molar-refractivity contribution in [3.05, 3.63) is 96.1 Å². The monoisotopic (exact) mass is 455 g/mol. The Labute approximate surface area is 202 Å². The van der Waals surface area contributed by atoms with Gasteiger partial charge in [-0.2, -0.15) is 0 Å². The summed E-state index contributed by atoms with van der Waals surface area (Å²) in [6.45, 7) is 8.96. The smallest absolute Gasteiger partial charge is 0.236 e. The lowest BCUT2D eigenvalue weighted by molar-refractivity contribution is -0.139. The van der Waals surface area contributed by atoms with Crippen LogP contribution in [0.1, 0.15) is 37.8 Å². The van der Waals surface area contributed by atoms with Gasteiger partial charge >= 0.3 is 0 Å². The van der Waals surface area contributed by atoms with Crippen LogP contribution in [0.4, 0.5) is 11.4 Å². The Hall–Kier alpha value is -3.60. The van der Waals surface area contributed by atoms with Gasteiger partial charge in [-0.05, 0) is 35.4 Å². The molecule has 0 aliphatic carbocycles. The Bertz CT molecular complexity index is 1060. The lowest BCUT2D eigenvalue weighted by atomic mass is 9.90. The highest BCUT2D eigenvalue weighted by Crippen LogP contribution is 2.27. The van der Waals surface area contributed by atoms with Gasteiger partial charge in [0.15, 0.2) is 0 Å². The van der Waals surface area contributed by atoms with Gasteiger partial charge in [0.25, 0.3) is 0 Å². The minimum Gasteiger partial charge on any atom is -0.368 e. The molecule has 1 fully saturated rings. The number of amides is 2. The summed E-state index contributed by atoms with van der Waals surface area (Å²) in [5.74, 6) is -0.230. The molecule has 0 saturated carbocycles. The van der Waals surface area contributed by atoms with Gasteiger partial charge in [-0.3, -0.25) is 9.59 Å². The number of rotatable bonds is 5. The number of nitrogens with zero attached hydrogens (tertiary/aromatic N) is 2. The molecule has 5 nitrogen and oxygen atoms in total. The molecule has 5 heteroatoms. The van der Waals surface area contributed by atoms with Crippen LogP contribution in [0.2, 0.25) is 0 Å². The predicted molar refractivity (Wildman–Crippen MR) is 138 cm³/mol. The van der Waals surface area contributed by atoms with E-state index in [1.54, 1.807) is 0 Å². The summed E-state index contributed by atoms with van der Waals surface area (Å²) in [6, 6.07) is 27.7. The van der Waals surface area contributed by atoms with Gasteiger partial charge in [0, 0.05) is 43.0 Å². The van der Waals surface area contributed by atoms with Crippen LogP contribution in [0, 0.1) is 5.41 Å². The first-order chi connectivity index (χ1) is 16.3. The molecule has 0 spiro atoms. The van der Waals surface area contributed by atoms with E-state index in [1.807, 2.05) is 111 Å². The Morgan fingerprint density at radius 3 is 1.71 bits per heavy atom. The van der Waals surface area contributed by atoms with Crippen LogP contribution in [0.15, 0.2) is 84.9 Å². The second-order valence-electron chi connectivity index (χ2n) is 9.82. The van der Waals surface area contributed by atoms with Gasteiger partial charge in [-0.15, -0.1) is 0 Å². The van der Waals surface area contributed by atoms with Gasteiger partial charge in [0.2, 0.25) is 11.8 Å². The van der Waals surface area contributed by atoms with Crippen LogP contribution < -0.4 is 10.2 Å². The summed E-state index contributed by atoms with van der Waals surface area (Å²) in [4.78, 5) is 30.1. The molecular weight excluding hydrogens is 422 g/mol. The Morgan fingerprint density at radius 2 is 1.24 bits per heavy atom. The molecule has 1 N–H and O–H groups in total. The van der Waals surface area contributed by atoms with Gasteiger partial charge in [-0.1, -0.05) is 81.4 Å². The fourth-order valence-electron chi connectivity index (χ4n) is 4.40. The zero-order valence-corrected chi connectivity index (χ0v) is 20.2. The van der Waals surface area contributed by atoms with Crippen LogP contribution in [0.5, 0.6) is 0 Å². The maximum atomic E-state index is 13.3. The summed E-state index contributed by atoms with van der Waals surface area (Å²) < 4.78 is 0. The fraction of sp³-hybridized carbons (Fsp3) is 0.310. The van der Waals surface area contributed by atoms with E-state index in [0.29, 0.717) is 0 Å². The highest BCUT2D eigenvalue weighted by Gasteiger charge is 2.29. The summed E-state index contributed by atoms with van der Waals surface area (Å²) in [7, 11) is 0. The van der Waals surface area contributed by atoms with Crippen molar-refractivity contribution in [3.63, 3.8) is 0 Å². The van der Waals surface area contributed by atoms with Crippen LogP contribution in [0.3, 0.4) is 0 Å². The third-order valence-electron chi connectivity index (χ3n) is 6.24. The molecule has 1 saturated heterocycles. The van der Waals surface area contributed by atoms with Gasteiger partial charge in [-0.25, -0.2) is 0 Å².